The molecule has 27 heavy (non-hydrogen) atoms. The lowest BCUT2D eigenvalue weighted by atomic mass is 9.93. The Morgan fingerprint density at radius 3 is 2.70 bits per heavy atom. The average molecular weight is 371 g/mol. The van der Waals surface area contributed by atoms with Gasteiger partial charge in [-0.25, -0.2) is 9.07 Å². The van der Waals surface area contributed by atoms with Gasteiger partial charge in [-0.3, -0.25) is 9.59 Å². The summed E-state index contributed by atoms with van der Waals surface area (Å²) in [5.41, 5.74) is 2.05. The Bertz CT molecular complexity index is 900. The first-order chi connectivity index (χ1) is 13.0. The van der Waals surface area contributed by atoms with Gasteiger partial charge in [0.25, 0.3) is 5.91 Å². The second-order valence-corrected chi connectivity index (χ2v) is 7.53. The number of amides is 1. The monoisotopic (exact) mass is 371 g/mol. The third-order valence-corrected chi connectivity index (χ3v) is 5.63. The molecule has 0 spiro atoms. The van der Waals surface area contributed by atoms with Crippen molar-refractivity contribution in [3.8, 4) is 5.69 Å². The Labute approximate surface area is 156 Å². The molecule has 1 aromatic heterocycles. The maximum Gasteiger partial charge on any atom is 0.305 e. The Morgan fingerprint density at radius 1 is 1.22 bits per heavy atom. The lowest BCUT2D eigenvalue weighted by Crippen LogP contribution is -2.48. The number of rotatable bonds is 5. The molecule has 1 saturated carbocycles. The van der Waals surface area contributed by atoms with Crippen LogP contribution in [0.15, 0.2) is 24.3 Å². The van der Waals surface area contributed by atoms with Crippen LogP contribution < -0.4 is 5.32 Å². The van der Waals surface area contributed by atoms with Crippen LogP contribution in [-0.4, -0.2) is 32.3 Å². The fourth-order valence-electron chi connectivity index (χ4n) is 4.43. The summed E-state index contributed by atoms with van der Waals surface area (Å²) in [7, 11) is 0. The highest BCUT2D eigenvalue weighted by atomic mass is 19.1. The maximum atomic E-state index is 13.6. The Kier molecular flexibility index (Phi) is 4.45. The number of benzene rings is 1. The molecule has 0 aliphatic heterocycles. The summed E-state index contributed by atoms with van der Waals surface area (Å²) in [4.78, 5) is 24.3. The summed E-state index contributed by atoms with van der Waals surface area (Å²) in [5, 5.41) is 16.7. The van der Waals surface area contributed by atoms with E-state index in [9.17, 15) is 19.1 Å². The number of carbonyl (C=O) groups is 2. The fraction of sp³-hybridized carbons (Fsp3) is 0.450. The Balaban J connectivity index is 1.67. The highest BCUT2D eigenvalue weighted by molar-refractivity contribution is 5.95. The van der Waals surface area contributed by atoms with Crippen LogP contribution in [0.3, 0.4) is 0 Å². The van der Waals surface area contributed by atoms with Crippen molar-refractivity contribution < 1.29 is 19.1 Å². The van der Waals surface area contributed by atoms with Gasteiger partial charge in [0.15, 0.2) is 5.69 Å². The highest BCUT2D eigenvalue weighted by Crippen LogP contribution is 2.34. The molecule has 2 aliphatic carbocycles. The number of aromatic nitrogens is 2. The number of aliphatic carboxylic acids is 1. The minimum Gasteiger partial charge on any atom is -0.481 e. The van der Waals surface area contributed by atoms with Gasteiger partial charge in [-0.2, -0.15) is 5.10 Å². The number of hydrogen-bond donors (Lipinski definition) is 2. The first-order valence-electron chi connectivity index (χ1n) is 9.38. The second kappa shape index (κ2) is 6.79. The molecule has 1 amide bonds. The third-order valence-electron chi connectivity index (χ3n) is 5.63. The molecule has 2 aromatic rings. The van der Waals surface area contributed by atoms with Crippen LogP contribution in [0.1, 0.15) is 60.3 Å². The van der Waals surface area contributed by atoms with E-state index in [1.807, 2.05) is 0 Å². The van der Waals surface area contributed by atoms with Crippen molar-refractivity contribution in [2.75, 3.05) is 0 Å². The Morgan fingerprint density at radius 2 is 2.00 bits per heavy atom. The van der Waals surface area contributed by atoms with Crippen LogP contribution in [0.2, 0.25) is 0 Å². The fourth-order valence-corrected chi connectivity index (χ4v) is 4.43. The van der Waals surface area contributed by atoms with Crippen LogP contribution in [0.25, 0.3) is 5.69 Å². The van der Waals surface area contributed by atoms with E-state index >= 15 is 0 Å². The number of nitrogens with one attached hydrogen (secondary N) is 1. The first kappa shape index (κ1) is 17.7. The molecule has 0 saturated heterocycles. The van der Waals surface area contributed by atoms with Gasteiger partial charge in [-0.05, 0) is 50.3 Å². The SMILES string of the molecule is O=C(O)CC1(NC(=O)c2nn(-c3cccc(F)c3)c3c2CCC3)CCCC1. The molecule has 7 heteroatoms. The average Bonchev–Trinajstić information content (AvgIpc) is 3.30. The number of carbonyl (C=O) groups excluding carboxylic acids is 1. The molecule has 0 radical (unpaired) electrons. The summed E-state index contributed by atoms with van der Waals surface area (Å²) in [5.74, 6) is -1.59. The summed E-state index contributed by atoms with van der Waals surface area (Å²) in [6.07, 6.45) is 5.52. The van der Waals surface area contributed by atoms with E-state index < -0.39 is 11.5 Å². The van der Waals surface area contributed by atoms with Crippen molar-refractivity contribution in [2.24, 2.45) is 0 Å². The third kappa shape index (κ3) is 3.34. The molecule has 0 bridgehead atoms. The molecule has 1 fully saturated rings. The highest BCUT2D eigenvalue weighted by Gasteiger charge is 2.39. The summed E-state index contributed by atoms with van der Waals surface area (Å²) < 4.78 is 15.3. The van der Waals surface area contributed by atoms with E-state index in [2.05, 4.69) is 10.4 Å². The lowest BCUT2D eigenvalue weighted by molar-refractivity contribution is -0.138. The smallest absolute Gasteiger partial charge is 0.305 e. The van der Waals surface area contributed by atoms with E-state index in [4.69, 9.17) is 0 Å². The minimum atomic E-state index is -0.910. The van der Waals surface area contributed by atoms with E-state index in [-0.39, 0.29) is 18.1 Å². The molecule has 0 unspecified atom stereocenters. The number of carboxylic acids is 1. The number of carboxylic acid groups (broad SMARTS) is 1. The summed E-state index contributed by atoms with van der Waals surface area (Å²) in [6, 6.07) is 6.15. The minimum absolute atomic E-state index is 0.0778. The molecular formula is C20H22FN3O3. The zero-order valence-electron chi connectivity index (χ0n) is 15.0. The van der Waals surface area contributed by atoms with Crippen molar-refractivity contribution in [1.82, 2.24) is 15.1 Å². The van der Waals surface area contributed by atoms with E-state index in [0.717, 1.165) is 43.4 Å². The molecule has 1 heterocycles. The van der Waals surface area contributed by atoms with E-state index in [0.29, 0.717) is 24.2 Å². The standard InChI is InChI=1S/C20H22FN3O3/c21-13-5-3-6-14(11-13)24-16-8-4-7-15(16)18(23-24)19(27)22-20(12-17(25)26)9-1-2-10-20/h3,5-6,11H,1-2,4,7-10,12H2,(H,22,27)(H,25,26). The molecule has 1 aromatic carbocycles. The van der Waals surface area contributed by atoms with Crippen LogP contribution in [-0.2, 0) is 17.6 Å². The second-order valence-electron chi connectivity index (χ2n) is 7.53. The quantitative estimate of drug-likeness (QED) is 0.846. The van der Waals surface area contributed by atoms with Gasteiger partial charge in [0.05, 0.1) is 17.6 Å². The Hall–Kier alpha value is -2.70. The molecule has 2 aliphatic rings. The van der Waals surface area contributed by atoms with Crippen molar-refractivity contribution in [2.45, 2.75) is 56.9 Å². The van der Waals surface area contributed by atoms with Gasteiger partial charge >= 0.3 is 5.97 Å². The molecular weight excluding hydrogens is 349 g/mol. The number of fused-ring (bicyclic) bond motifs is 1. The van der Waals surface area contributed by atoms with Crippen LogP contribution in [0, 0.1) is 5.82 Å². The van der Waals surface area contributed by atoms with Crippen molar-refractivity contribution in [1.29, 1.82) is 0 Å². The normalized spacial score (nSPS) is 17.7. The van der Waals surface area contributed by atoms with Gasteiger partial charge < -0.3 is 10.4 Å². The van der Waals surface area contributed by atoms with Gasteiger partial charge in [-0.1, -0.05) is 18.9 Å². The zero-order valence-corrected chi connectivity index (χ0v) is 15.0. The van der Waals surface area contributed by atoms with Crippen molar-refractivity contribution in [3.05, 3.63) is 47.0 Å². The van der Waals surface area contributed by atoms with Gasteiger partial charge in [-0.15, -0.1) is 0 Å². The molecule has 2 N–H and O–H groups in total. The summed E-state index contributed by atoms with van der Waals surface area (Å²) in [6.45, 7) is 0. The first-order valence-corrected chi connectivity index (χ1v) is 9.38. The van der Waals surface area contributed by atoms with E-state index in [1.54, 1.807) is 16.8 Å². The van der Waals surface area contributed by atoms with Crippen molar-refractivity contribution >= 4 is 11.9 Å². The zero-order chi connectivity index (χ0) is 19.0. The largest absolute Gasteiger partial charge is 0.481 e. The molecule has 4 rings (SSSR count). The van der Waals surface area contributed by atoms with Gasteiger partial charge in [0.1, 0.15) is 5.82 Å². The number of halogens is 1. The van der Waals surface area contributed by atoms with Crippen molar-refractivity contribution in [3.63, 3.8) is 0 Å². The van der Waals surface area contributed by atoms with Crippen LogP contribution in [0.5, 0.6) is 0 Å². The number of hydrogen-bond acceptors (Lipinski definition) is 3. The maximum absolute atomic E-state index is 13.6. The van der Waals surface area contributed by atoms with Gasteiger partial charge in [0.2, 0.25) is 0 Å². The predicted molar refractivity (Wildman–Crippen MR) is 96.5 cm³/mol. The molecule has 6 nitrogen and oxygen atoms in total. The topological polar surface area (TPSA) is 84.2 Å². The molecule has 142 valence electrons. The number of nitrogens with zero attached hydrogens (tertiary/aromatic N) is 2. The van der Waals surface area contributed by atoms with E-state index in [1.165, 1.54) is 12.1 Å². The van der Waals surface area contributed by atoms with Gasteiger partial charge in [0, 0.05) is 11.3 Å². The van der Waals surface area contributed by atoms with Crippen LogP contribution in [0.4, 0.5) is 4.39 Å². The predicted octanol–water partition coefficient (Wildman–Crippen LogP) is 3.02. The summed E-state index contributed by atoms with van der Waals surface area (Å²) >= 11 is 0. The van der Waals surface area contributed by atoms with Crippen LogP contribution >= 0.6 is 0 Å². The molecule has 0 atom stereocenters. The lowest BCUT2D eigenvalue weighted by Gasteiger charge is -2.28.